The molecule has 0 spiro atoms. The molecule has 1 aromatic heterocycles. The van der Waals surface area contributed by atoms with Crippen LogP contribution in [0.25, 0.3) is 0 Å². The standard InChI is InChI=1S/C15H17NO3/c1-10-8-11(6-7-16-10)15(17)13-5-4-12(18-2)9-14(13)19-3/h4-9,15,17H,1-3H3. The SMILES string of the molecule is COc1ccc(C(O)c2ccnc(C)c2)c(OC)c1. The molecule has 0 aliphatic rings. The Labute approximate surface area is 112 Å². The molecule has 2 aromatic rings. The third-order valence-corrected chi connectivity index (χ3v) is 2.97. The second kappa shape index (κ2) is 5.71. The van der Waals surface area contributed by atoms with Gasteiger partial charge in [0.15, 0.2) is 0 Å². The first kappa shape index (κ1) is 13.4. The molecule has 1 aromatic carbocycles. The zero-order valence-electron chi connectivity index (χ0n) is 11.3. The van der Waals surface area contributed by atoms with Gasteiger partial charge in [-0.3, -0.25) is 4.98 Å². The van der Waals surface area contributed by atoms with Crippen molar-refractivity contribution in [2.75, 3.05) is 14.2 Å². The predicted octanol–water partition coefficient (Wildman–Crippen LogP) is 2.49. The number of rotatable bonds is 4. The fraction of sp³-hybridized carbons (Fsp3) is 0.267. The minimum absolute atomic E-state index is 0.598. The largest absolute Gasteiger partial charge is 0.497 e. The van der Waals surface area contributed by atoms with E-state index in [-0.39, 0.29) is 0 Å². The van der Waals surface area contributed by atoms with Crippen molar-refractivity contribution in [3.63, 3.8) is 0 Å². The molecule has 0 fully saturated rings. The van der Waals surface area contributed by atoms with Crippen molar-refractivity contribution in [3.05, 3.63) is 53.3 Å². The van der Waals surface area contributed by atoms with Gasteiger partial charge in [0.25, 0.3) is 0 Å². The summed E-state index contributed by atoms with van der Waals surface area (Å²) < 4.78 is 10.4. The van der Waals surface area contributed by atoms with E-state index in [0.717, 1.165) is 11.3 Å². The van der Waals surface area contributed by atoms with E-state index in [9.17, 15) is 5.11 Å². The number of aryl methyl sites for hydroxylation is 1. The molecule has 0 bridgehead atoms. The third-order valence-electron chi connectivity index (χ3n) is 2.97. The Morgan fingerprint density at radius 3 is 2.53 bits per heavy atom. The van der Waals surface area contributed by atoms with Crippen molar-refractivity contribution in [2.24, 2.45) is 0 Å². The highest BCUT2D eigenvalue weighted by Gasteiger charge is 2.16. The molecule has 19 heavy (non-hydrogen) atoms. The summed E-state index contributed by atoms with van der Waals surface area (Å²) >= 11 is 0. The van der Waals surface area contributed by atoms with Gasteiger partial charge in [-0.05, 0) is 36.8 Å². The average molecular weight is 259 g/mol. The summed E-state index contributed by atoms with van der Waals surface area (Å²) in [5.74, 6) is 1.29. The minimum atomic E-state index is -0.748. The Balaban J connectivity index is 2.40. The van der Waals surface area contributed by atoms with Crippen LogP contribution in [-0.4, -0.2) is 24.3 Å². The topological polar surface area (TPSA) is 51.6 Å². The second-order valence-corrected chi connectivity index (χ2v) is 4.24. The van der Waals surface area contributed by atoms with Gasteiger partial charge in [0.2, 0.25) is 0 Å². The quantitative estimate of drug-likeness (QED) is 0.916. The van der Waals surface area contributed by atoms with Crippen LogP contribution in [0, 0.1) is 6.92 Å². The van der Waals surface area contributed by atoms with E-state index < -0.39 is 6.10 Å². The summed E-state index contributed by atoms with van der Waals surface area (Å²) in [6.07, 6.45) is 0.937. The number of nitrogens with zero attached hydrogens (tertiary/aromatic N) is 1. The summed E-state index contributed by atoms with van der Waals surface area (Å²) in [7, 11) is 3.17. The second-order valence-electron chi connectivity index (χ2n) is 4.24. The van der Waals surface area contributed by atoms with Gasteiger partial charge >= 0.3 is 0 Å². The van der Waals surface area contributed by atoms with Crippen LogP contribution >= 0.6 is 0 Å². The summed E-state index contributed by atoms with van der Waals surface area (Å²) in [4.78, 5) is 4.12. The minimum Gasteiger partial charge on any atom is -0.497 e. The molecular weight excluding hydrogens is 242 g/mol. The maximum atomic E-state index is 10.4. The van der Waals surface area contributed by atoms with Crippen LogP contribution in [0.5, 0.6) is 11.5 Å². The lowest BCUT2D eigenvalue weighted by molar-refractivity contribution is 0.214. The first-order valence-corrected chi connectivity index (χ1v) is 5.98. The maximum absolute atomic E-state index is 10.4. The number of aliphatic hydroxyl groups excluding tert-OH is 1. The molecule has 1 atom stereocenters. The van der Waals surface area contributed by atoms with Gasteiger partial charge in [0.1, 0.15) is 17.6 Å². The van der Waals surface area contributed by atoms with Gasteiger partial charge in [0, 0.05) is 23.5 Å². The molecule has 1 heterocycles. The molecule has 0 saturated carbocycles. The van der Waals surface area contributed by atoms with Gasteiger partial charge in [0.05, 0.1) is 14.2 Å². The monoisotopic (exact) mass is 259 g/mol. The Morgan fingerprint density at radius 1 is 1.11 bits per heavy atom. The maximum Gasteiger partial charge on any atom is 0.128 e. The number of methoxy groups -OCH3 is 2. The Morgan fingerprint density at radius 2 is 1.89 bits per heavy atom. The lowest BCUT2D eigenvalue weighted by Gasteiger charge is -2.16. The fourth-order valence-electron chi connectivity index (χ4n) is 1.96. The van der Waals surface area contributed by atoms with Crippen molar-refractivity contribution in [2.45, 2.75) is 13.0 Å². The molecule has 0 amide bonds. The molecule has 100 valence electrons. The summed E-state index contributed by atoms with van der Waals surface area (Å²) in [6, 6.07) is 9.01. The molecule has 0 aliphatic heterocycles. The number of aliphatic hydroxyl groups is 1. The van der Waals surface area contributed by atoms with Crippen LogP contribution in [0.1, 0.15) is 22.9 Å². The average Bonchev–Trinajstić information content (AvgIpc) is 2.45. The van der Waals surface area contributed by atoms with E-state index in [4.69, 9.17) is 9.47 Å². The van der Waals surface area contributed by atoms with E-state index in [1.165, 1.54) is 0 Å². The van der Waals surface area contributed by atoms with Crippen LogP contribution in [-0.2, 0) is 0 Å². The van der Waals surface area contributed by atoms with Crippen molar-refractivity contribution in [1.82, 2.24) is 4.98 Å². The van der Waals surface area contributed by atoms with E-state index in [0.29, 0.717) is 17.1 Å². The molecule has 4 heteroatoms. The number of pyridine rings is 1. The highest BCUT2D eigenvalue weighted by atomic mass is 16.5. The summed E-state index contributed by atoms with van der Waals surface area (Å²) in [5.41, 5.74) is 2.36. The summed E-state index contributed by atoms with van der Waals surface area (Å²) in [5, 5.41) is 10.4. The highest BCUT2D eigenvalue weighted by molar-refractivity contribution is 5.45. The number of hydrogen-bond donors (Lipinski definition) is 1. The first-order valence-electron chi connectivity index (χ1n) is 5.98. The summed E-state index contributed by atoms with van der Waals surface area (Å²) in [6.45, 7) is 1.89. The van der Waals surface area contributed by atoms with Gasteiger partial charge < -0.3 is 14.6 Å². The van der Waals surface area contributed by atoms with Crippen LogP contribution < -0.4 is 9.47 Å². The van der Waals surface area contributed by atoms with Gasteiger partial charge in [-0.25, -0.2) is 0 Å². The number of aromatic nitrogens is 1. The molecular formula is C15H17NO3. The molecule has 4 nitrogen and oxygen atoms in total. The van der Waals surface area contributed by atoms with Crippen molar-refractivity contribution >= 4 is 0 Å². The zero-order valence-corrected chi connectivity index (χ0v) is 11.3. The van der Waals surface area contributed by atoms with E-state index in [1.807, 2.05) is 13.0 Å². The van der Waals surface area contributed by atoms with Crippen LogP contribution in [0.3, 0.4) is 0 Å². The van der Waals surface area contributed by atoms with Crippen molar-refractivity contribution < 1.29 is 14.6 Å². The highest BCUT2D eigenvalue weighted by Crippen LogP contribution is 2.32. The number of ether oxygens (including phenoxy) is 2. The van der Waals surface area contributed by atoms with Gasteiger partial charge in [-0.2, -0.15) is 0 Å². The van der Waals surface area contributed by atoms with E-state index in [2.05, 4.69) is 4.98 Å². The number of hydrogen-bond acceptors (Lipinski definition) is 4. The molecule has 0 aliphatic carbocycles. The first-order chi connectivity index (χ1) is 9.15. The van der Waals surface area contributed by atoms with Crippen LogP contribution in [0.4, 0.5) is 0 Å². The molecule has 0 radical (unpaired) electrons. The zero-order chi connectivity index (χ0) is 13.8. The molecule has 2 rings (SSSR count). The number of benzene rings is 1. The predicted molar refractivity (Wildman–Crippen MR) is 72.6 cm³/mol. The smallest absolute Gasteiger partial charge is 0.128 e. The normalized spacial score (nSPS) is 12.0. The van der Waals surface area contributed by atoms with E-state index in [1.54, 1.807) is 44.7 Å². The van der Waals surface area contributed by atoms with Crippen molar-refractivity contribution in [1.29, 1.82) is 0 Å². The lowest BCUT2D eigenvalue weighted by Crippen LogP contribution is -2.03. The molecule has 1 unspecified atom stereocenters. The van der Waals surface area contributed by atoms with Crippen LogP contribution in [0.2, 0.25) is 0 Å². The van der Waals surface area contributed by atoms with E-state index >= 15 is 0 Å². The van der Waals surface area contributed by atoms with Gasteiger partial charge in [-0.15, -0.1) is 0 Å². The fourth-order valence-corrected chi connectivity index (χ4v) is 1.96. The third kappa shape index (κ3) is 2.85. The van der Waals surface area contributed by atoms with Gasteiger partial charge in [-0.1, -0.05) is 0 Å². The molecule has 0 saturated heterocycles. The molecule has 1 N–H and O–H groups in total. The lowest BCUT2D eigenvalue weighted by atomic mass is 10.0. The Hall–Kier alpha value is -2.07. The Kier molecular flexibility index (Phi) is 4.02. The Bertz CT molecular complexity index is 569. The van der Waals surface area contributed by atoms with Crippen molar-refractivity contribution in [3.8, 4) is 11.5 Å². The van der Waals surface area contributed by atoms with Crippen LogP contribution in [0.15, 0.2) is 36.5 Å².